The van der Waals surface area contributed by atoms with Crippen LogP contribution in [0.3, 0.4) is 0 Å². The standard InChI is InChI=1S/C20H21N3O5S3/c1-12(2)16(19(26)27-3)23-17(25)15(18(23)30-31-20-21-9-10-29-20)22-14(24)11-28-13-7-5-4-6-8-13/h4-10,15-16,18H,1,11H2,2-3H3,(H,22,24). The maximum absolute atomic E-state index is 12.9. The number of nitrogens with zero attached hydrogens (tertiary/aromatic N) is 2. The van der Waals surface area contributed by atoms with Gasteiger partial charge in [0.05, 0.1) is 7.11 Å². The first-order valence-corrected chi connectivity index (χ1v) is 12.3. The molecule has 1 N–H and O–H groups in total. The number of likely N-dealkylation sites (tertiary alicyclic amines) is 1. The van der Waals surface area contributed by atoms with Crippen molar-refractivity contribution in [2.45, 2.75) is 28.7 Å². The number of hydrogen-bond donors (Lipinski definition) is 1. The Morgan fingerprint density at radius 3 is 2.71 bits per heavy atom. The van der Waals surface area contributed by atoms with E-state index in [4.69, 9.17) is 9.47 Å². The van der Waals surface area contributed by atoms with Gasteiger partial charge in [0.1, 0.15) is 17.2 Å². The van der Waals surface area contributed by atoms with E-state index >= 15 is 0 Å². The number of amides is 2. The monoisotopic (exact) mass is 479 g/mol. The molecule has 1 aromatic heterocycles. The molecular formula is C20H21N3O5S3. The number of hydrogen-bond acceptors (Lipinski definition) is 9. The molecule has 1 aliphatic rings. The van der Waals surface area contributed by atoms with E-state index in [0.29, 0.717) is 11.3 Å². The first-order valence-electron chi connectivity index (χ1n) is 9.17. The number of carbonyl (C=O) groups excluding carboxylic acids is 3. The fraction of sp³-hybridized carbons (Fsp3) is 0.300. The van der Waals surface area contributed by atoms with Crippen LogP contribution in [0.2, 0.25) is 0 Å². The van der Waals surface area contributed by atoms with Gasteiger partial charge in [-0.05, 0) is 35.4 Å². The number of aromatic nitrogens is 1. The van der Waals surface area contributed by atoms with Gasteiger partial charge in [-0.1, -0.05) is 35.6 Å². The number of esters is 1. The molecule has 164 valence electrons. The van der Waals surface area contributed by atoms with Crippen LogP contribution < -0.4 is 10.1 Å². The summed E-state index contributed by atoms with van der Waals surface area (Å²) in [4.78, 5) is 43.2. The SMILES string of the molecule is C=C(C)C(C(=O)OC)N1C(=O)C(NC(=O)COc2ccccc2)C1SSc1nccs1. The van der Waals surface area contributed by atoms with Crippen LogP contribution in [0, 0.1) is 0 Å². The Morgan fingerprint density at radius 1 is 1.35 bits per heavy atom. The lowest BCUT2D eigenvalue weighted by molar-refractivity contribution is -0.161. The second-order valence-corrected chi connectivity index (χ2v) is 9.99. The number of rotatable bonds is 10. The van der Waals surface area contributed by atoms with E-state index in [-0.39, 0.29) is 12.5 Å². The summed E-state index contributed by atoms with van der Waals surface area (Å²) in [6.45, 7) is 5.25. The highest BCUT2D eigenvalue weighted by molar-refractivity contribution is 8.77. The summed E-state index contributed by atoms with van der Waals surface area (Å²) in [5.41, 5.74) is 0.474. The molecule has 0 aliphatic carbocycles. The first-order chi connectivity index (χ1) is 14.9. The van der Waals surface area contributed by atoms with Gasteiger partial charge >= 0.3 is 5.97 Å². The van der Waals surface area contributed by atoms with Crippen molar-refractivity contribution in [3.05, 3.63) is 54.1 Å². The van der Waals surface area contributed by atoms with Gasteiger partial charge in [-0.25, -0.2) is 9.78 Å². The Labute approximate surface area is 191 Å². The third-order valence-corrected chi connectivity index (χ3v) is 8.12. The quantitative estimate of drug-likeness (QED) is 0.240. The van der Waals surface area contributed by atoms with Crippen molar-refractivity contribution in [2.24, 2.45) is 0 Å². The minimum absolute atomic E-state index is 0.230. The normalized spacial score (nSPS) is 18.6. The van der Waals surface area contributed by atoms with Gasteiger partial charge in [-0.15, -0.1) is 11.3 Å². The third-order valence-electron chi connectivity index (χ3n) is 4.31. The fourth-order valence-corrected chi connectivity index (χ4v) is 6.45. The zero-order chi connectivity index (χ0) is 22.4. The molecule has 11 heteroatoms. The molecule has 3 atom stereocenters. The molecule has 1 fully saturated rings. The lowest BCUT2D eigenvalue weighted by Crippen LogP contribution is -2.73. The van der Waals surface area contributed by atoms with Crippen LogP contribution in [-0.4, -0.2) is 58.8 Å². The highest BCUT2D eigenvalue weighted by Gasteiger charge is 2.54. The molecule has 0 spiro atoms. The number of thiazole rings is 1. The van der Waals surface area contributed by atoms with Gasteiger partial charge < -0.3 is 19.7 Å². The summed E-state index contributed by atoms with van der Waals surface area (Å²) >= 11 is 1.46. The zero-order valence-electron chi connectivity index (χ0n) is 16.8. The van der Waals surface area contributed by atoms with Gasteiger partial charge in [0.15, 0.2) is 17.0 Å². The van der Waals surface area contributed by atoms with Crippen molar-refractivity contribution in [1.82, 2.24) is 15.2 Å². The average molecular weight is 480 g/mol. The Kier molecular flexibility index (Phi) is 7.99. The molecule has 2 amide bonds. The second-order valence-electron chi connectivity index (χ2n) is 6.53. The van der Waals surface area contributed by atoms with Crippen molar-refractivity contribution >= 4 is 50.7 Å². The van der Waals surface area contributed by atoms with Crippen molar-refractivity contribution in [3.8, 4) is 5.75 Å². The number of carbonyl (C=O) groups is 3. The second kappa shape index (κ2) is 10.7. The van der Waals surface area contributed by atoms with E-state index in [0.717, 1.165) is 4.34 Å². The predicted molar refractivity (Wildman–Crippen MR) is 121 cm³/mol. The Morgan fingerprint density at radius 2 is 2.10 bits per heavy atom. The molecule has 1 saturated heterocycles. The summed E-state index contributed by atoms with van der Waals surface area (Å²) < 4.78 is 11.1. The summed E-state index contributed by atoms with van der Waals surface area (Å²) in [6.07, 6.45) is 1.68. The van der Waals surface area contributed by atoms with Crippen LogP contribution in [0.15, 0.2) is 58.4 Å². The molecule has 1 aromatic carbocycles. The fourth-order valence-electron chi connectivity index (χ4n) is 2.88. The van der Waals surface area contributed by atoms with Crippen LogP contribution in [0.25, 0.3) is 0 Å². The molecular weight excluding hydrogens is 458 g/mol. The molecule has 0 bridgehead atoms. The van der Waals surface area contributed by atoms with E-state index in [2.05, 4.69) is 16.9 Å². The van der Waals surface area contributed by atoms with E-state index in [1.807, 2.05) is 11.4 Å². The summed E-state index contributed by atoms with van der Waals surface area (Å²) in [6, 6.07) is 7.18. The van der Waals surface area contributed by atoms with Crippen LogP contribution in [-0.2, 0) is 19.1 Å². The number of para-hydroxylation sites is 1. The Hall–Kier alpha value is -2.50. The van der Waals surface area contributed by atoms with Gasteiger partial charge in [0, 0.05) is 11.6 Å². The van der Waals surface area contributed by atoms with Crippen molar-refractivity contribution < 1.29 is 23.9 Å². The average Bonchev–Trinajstić information content (AvgIpc) is 3.29. The Balaban J connectivity index is 1.69. The maximum Gasteiger partial charge on any atom is 0.332 e. The van der Waals surface area contributed by atoms with E-state index < -0.39 is 29.3 Å². The molecule has 1 aliphatic heterocycles. The van der Waals surface area contributed by atoms with E-state index in [1.165, 1.54) is 44.9 Å². The topological polar surface area (TPSA) is 97.8 Å². The number of β-lactam (4-membered cyclic amide) rings is 1. The number of methoxy groups -OCH3 is 1. The molecule has 31 heavy (non-hydrogen) atoms. The smallest absolute Gasteiger partial charge is 0.332 e. The van der Waals surface area contributed by atoms with Crippen LogP contribution in [0.1, 0.15) is 6.92 Å². The minimum atomic E-state index is -0.930. The molecule has 3 rings (SSSR count). The summed E-state index contributed by atoms with van der Waals surface area (Å²) in [5, 5.41) is 4.04. The van der Waals surface area contributed by atoms with Crippen molar-refractivity contribution in [3.63, 3.8) is 0 Å². The molecule has 8 nitrogen and oxygen atoms in total. The lowest BCUT2D eigenvalue weighted by Gasteiger charge is -2.49. The number of benzene rings is 1. The van der Waals surface area contributed by atoms with Gasteiger partial charge in [-0.3, -0.25) is 9.59 Å². The van der Waals surface area contributed by atoms with Gasteiger partial charge in [-0.2, -0.15) is 0 Å². The van der Waals surface area contributed by atoms with Crippen molar-refractivity contribution in [1.29, 1.82) is 0 Å². The molecule has 3 unspecified atom stereocenters. The largest absolute Gasteiger partial charge is 0.484 e. The van der Waals surface area contributed by atoms with Crippen LogP contribution in [0.5, 0.6) is 5.75 Å². The maximum atomic E-state index is 12.9. The number of nitrogens with one attached hydrogen (secondary N) is 1. The van der Waals surface area contributed by atoms with Crippen LogP contribution >= 0.6 is 32.9 Å². The van der Waals surface area contributed by atoms with Gasteiger partial charge in [0.2, 0.25) is 5.91 Å². The van der Waals surface area contributed by atoms with E-state index in [1.54, 1.807) is 37.4 Å². The first kappa shape index (κ1) is 23.2. The number of ether oxygens (including phenoxy) is 2. The third kappa shape index (κ3) is 5.60. The molecule has 0 saturated carbocycles. The minimum Gasteiger partial charge on any atom is -0.484 e. The van der Waals surface area contributed by atoms with Crippen molar-refractivity contribution in [2.75, 3.05) is 13.7 Å². The molecule has 0 radical (unpaired) electrons. The van der Waals surface area contributed by atoms with Crippen LogP contribution in [0.4, 0.5) is 0 Å². The Bertz CT molecular complexity index is 939. The lowest BCUT2D eigenvalue weighted by atomic mass is 9.99. The highest BCUT2D eigenvalue weighted by atomic mass is 33.1. The summed E-state index contributed by atoms with van der Waals surface area (Å²) in [7, 11) is 3.97. The van der Waals surface area contributed by atoms with E-state index in [9.17, 15) is 14.4 Å². The highest BCUT2D eigenvalue weighted by Crippen LogP contribution is 2.44. The summed E-state index contributed by atoms with van der Waals surface area (Å²) in [5.74, 6) is -0.847. The molecule has 2 heterocycles. The predicted octanol–water partition coefficient (Wildman–Crippen LogP) is 2.73. The van der Waals surface area contributed by atoms with Gasteiger partial charge in [0.25, 0.3) is 5.91 Å². The molecule has 2 aromatic rings. The zero-order valence-corrected chi connectivity index (χ0v) is 19.3.